The van der Waals surface area contributed by atoms with Gasteiger partial charge in [0.05, 0.1) is 13.0 Å². The first-order valence-corrected chi connectivity index (χ1v) is 8.92. The number of aliphatic imine (C=N–C) groups is 1. The summed E-state index contributed by atoms with van der Waals surface area (Å²) >= 11 is 6.18. The molecule has 0 radical (unpaired) electrons. The number of hydrogen-bond donors (Lipinski definition) is 1. The molecule has 1 amide bonds. The summed E-state index contributed by atoms with van der Waals surface area (Å²) in [5.74, 6) is 0.0452. The second-order valence-corrected chi connectivity index (χ2v) is 7.11. The number of nitrogens with zero attached hydrogens (tertiary/aromatic N) is 4. The number of piperidine rings is 1. The minimum Gasteiger partial charge on any atom is -0.481 e. The molecule has 8 heteroatoms. The van der Waals surface area contributed by atoms with Crippen molar-refractivity contribution in [2.45, 2.75) is 43.6 Å². The highest BCUT2D eigenvalue weighted by molar-refractivity contribution is 6.22. The van der Waals surface area contributed by atoms with Crippen LogP contribution in [0.5, 0.6) is 0 Å². The molecule has 1 fully saturated rings. The molecule has 0 aliphatic carbocycles. The van der Waals surface area contributed by atoms with Crippen molar-refractivity contribution < 1.29 is 14.7 Å². The third-order valence-corrected chi connectivity index (χ3v) is 5.14. The van der Waals surface area contributed by atoms with E-state index in [2.05, 4.69) is 24.0 Å². The van der Waals surface area contributed by atoms with Crippen LogP contribution in [-0.4, -0.2) is 89.3 Å². The lowest BCUT2D eigenvalue weighted by atomic mass is 10.0. The third-order valence-electron chi connectivity index (χ3n) is 4.77. The van der Waals surface area contributed by atoms with Gasteiger partial charge in [0.2, 0.25) is 5.91 Å². The van der Waals surface area contributed by atoms with Gasteiger partial charge < -0.3 is 19.8 Å². The highest BCUT2D eigenvalue weighted by atomic mass is 35.5. The van der Waals surface area contributed by atoms with Crippen molar-refractivity contribution in [1.82, 2.24) is 14.7 Å². The van der Waals surface area contributed by atoms with Gasteiger partial charge >= 0.3 is 5.97 Å². The van der Waals surface area contributed by atoms with Gasteiger partial charge in [0.25, 0.3) is 0 Å². The Balaban J connectivity index is 1.78. The van der Waals surface area contributed by atoms with Crippen LogP contribution in [0.4, 0.5) is 0 Å². The van der Waals surface area contributed by atoms with E-state index >= 15 is 0 Å². The molecule has 2 rings (SSSR count). The molecular formula is C16H27ClN4O3. The van der Waals surface area contributed by atoms with E-state index < -0.39 is 5.97 Å². The molecule has 0 bridgehead atoms. The van der Waals surface area contributed by atoms with Crippen LogP contribution in [0.25, 0.3) is 0 Å². The summed E-state index contributed by atoms with van der Waals surface area (Å²) in [6.07, 6.45) is 2.96. The van der Waals surface area contributed by atoms with Gasteiger partial charge in [0, 0.05) is 38.5 Å². The first kappa shape index (κ1) is 19.0. The smallest absolute Gasteiger partial charge is 0.305 e. The Hall–Kier alpha value is -1.34. The second kappa shape index (κ2) is 8.67. The van der Waals surface area contributed by atoms with Gasteiger partial charge in [0.1, 0.15) is 11.3 Å². The lowest BCUT2D eigenvalue weighted by Crippen LogP contribution is -2.44. The number of halogens is 1. The number of amidine groups is 1. The summed E-state index contributed by atoms with van der Waals surface area (Å²) in [4.78, 5) is 33.5. The molecule has 136 valence electrons. The Bertz CT molecular complexity index is 490. The lowest BCUT2D eigenvalue weighted by molar-refractivity contribution is -0.137. The van der Waals surface area contributed by atoms with Crippen LogP contribution in [0.15, 0.2) is 4.99 Å². The highest BCUT2D eigenvalue weighted by Gasteiger charge is 2.28. The summed E-state index contributed by atoms with van der Waals surface area (Å²) in [5.41, 5.74) is -0.301. The average Bonchev–Trinajstić information content (AvgIpc) is 2.90. The van der Waals surface area contributed by atoms with Crippen LogP contribution in [0.2, 0.25) is 0 Å². The first-order chi connectivity index (χ1) is 11.4. The van der Waals surface area contributed by atoms with Crippen molar-refractivity contribution in [3.05, 3.63) is 0 Å². The number of carbonyl (C=O) groups excluding carboxylic acids is 1. The molecule has 0 aromatic heterocycles. The van der Waals surface area contributed by atoms with Gasteiger partial charge in [-0.25, -0.2) is 0 Å². The lowest BCUT2D eigenvalue weighted by Gasteiger charge is -2.35. The third kappa shape index (κ3) is 5.08. The van der Waals surface area contributed by atoms with E-state index in [1.807, 2.05) is 4.90 Å². The Morgan fingerprint density at radius 2 is 1.96 bits per heavy atom. The zero-order chi connectivity index (χ0) is 17.7. The van der Waals surface area contributed by atoms with Crippen molar-refractivity contribution in [2.24, 2.45) is 4.99 Å². The van der Waals surface area contributed by atoms with E-state index in [9.17, 15) is 9.59 Å². The number of alkyl halides is 1. The molecule has 0 saturated carbocycles. The fourth-order valence-corrected chi connectivity index (χ4v) is 3.53. The average molecular weight is 359 g/mol. The van der Waals surface area contributed by atoms with Crippen molar-refractivity contribution in [1.29, 1.82) is 0 Å². The summed E-state index contributed by atoms with van der Waals surface area (Å²) in [7, 11) is 4.16. The van der Waals surface area contributed by atoms with Gasteiger partial charge in [-0.05, 0) is 26.9 Å². The number of carboxylic acid groups (broad SMARTS) is 1. The molecular weight excluding hydrogens is 332 g/mol. The normalized spacial score (nSPS) is 22.2. The van der Waals surface area contributed by atoms with Gasteiger partial charge in [0.15, 0.2) is 0 Å². The minimum absolute atomic E-state index is 0.0221. The molecule has 0 aromatic carbocycles. The van der Waals surface area contributed by atoms with Crippen LogP contribution < -0.4 is 0 Å². The van der Waals surface area contributed by atoms with Crippen LogP contribution in [0.3, 0.4) is 0 Å². The fourth-order valence-electron chi connectivity index (χ4n) is 3.25. The number of rotatable bonds is 7. The number of hydrogen-bond acceptors (Lipinski definition) is 5. The number of carbonyl (C=O) groups is 2. The topological polar surface area (TPSA) is 76.5 Å². The summed E-state index contributed by atoms with van der Waals surface area (Å²) in [6, 6.07) is 0.553. The van der Waals surface area contributed by atoms with Crippen molar-refractivity contribution in [3.8, 4) is 0 Å². The molecule has 2 heterocycles. The minimum atomic E-state index is -0.857. The number of likely N-dealkylation sites (tertiary alicyclic amines) is 1. The maximum absolute atomic E-state index is 12.4. The zero-order valence-electron chi connectivity index (χ0n) is 14.4. The molecule has 1 N–H and O–H groups in total. The predicted molar refractivity (Wildman–Crippen MR) is 93.4 cm³/mol. The molecule has 24 heavy (non-hydrogen) atoms. The van der Waals surface area contributed by atoms with Crippen molar-refractivity contribution in [3.63, 3.8) is 0 Å². The van der Waals surface area contributed by atoms with Gasteiger partial charge in [-0.3, -0.25) is 14.6 Å². The van der Waals surface area contributed by atoms with Gasteiger partial charge in [-0.15, -0.1) is 0 Å². The van der Waals surface area contributed by atoms with E-state index in [0.29, 0.717) is 32.0 Å². The quantitative estimate of drug-likeness (QED) is 0.544. The maximum Gasteiger partial charge on any atom is 0.305 e. The number of carboxylic acids is 1. The monoisotopic (exact) mass is 358 g/mol. The van der Waals surface area contributed by atoms with Crippen LogP contribution in [-0.2, 0) is 9.59 Å². The molecule has 0 aromatic rings. The SMILES string of the molecule is CN(C)C1CCN(C(=O)CCC2=NCC(Cl)N2CCC(=O)O)CC1. The molecule has 1 saturated heterocycles. The highest BCUT2D eigenvalue weighted by Crippen LogP contribution is 2.19. The van der Waals surface area contributed by atoms with E-state index in [1.54, 1.807) is 4.90 Å². The summed E-state index contributed by atoms with van der Waals surface area (Å²) in [5, 5.41) is 8.82. The standard InChI is InChI=1S/C16H27ClN4O3/c1-19(2)12-5-8-20(9-6-12)15(22)4-3-14-18-11-13(17)21(14)10-7-16(23)24/h12-13H,3-11H2,1-2H3,(H,23,24). The number of aliphatic carboxylic acids is 1. The molecule has 2 aliphatic heterocycles. The Morgan fingerprint density at radius 3 is 2.54 bits per heavy atom. The van der Waals surface area contributed by atoms with Crippen LogP contribution in [0.1, 0.15) is 32.1 Å². The summed E-state index contributed by atoms with van der Waals surface area (Å²) < 4.78 is 0. The van der Waals surface area contributed by atoms with E-state index in [0.717, 1.165) is 31.8 Å². The molecule has 0 spiro atoms. The second-order valence-electron chi connectivity index (χ2n) is 6.60. The Labute approximate surface area is 148 Å². The van der Waals surface area contributed by atoms with Crippen LogP contribution in [0, 0.1) is 0 Å². The first-order valence-electron chi connectivity index (χ1n) is 8.48. The largest absolute Gasteiger partial charge is 0.481 e. The Kier molecular flexibility index (Phi) is 6.86. The van der Waals surface area contributed by atoms with Gasteiger partial charge in [-0.1, -0.05) is 11.6 Å². The fraction of sp³-hybridized carbons (Fsp3) is 0.812. The van der Waals surface area contributed by atoms with E-state index in [4.69, 9.17) is 16.7 Å². The van der Waals surface area contributed by atoms with Gasteiger partial charge in [-0.2, -0.15) is 0 Å². The van der Waals surface area contributed by atoms with Crippen LogP contribution >= 0.6 is 11.6 Å². The number of amides is 1. The predicted octanol–water partition coefficient (Wildman–Crippen LogP) is 1.07. The van der Waals surface area contributed by atoms with E-state index in [1.165, 1.54) is 0 Å². The zero-order valence-corrected chi connectivity index (χ0v) is 15.2. The molecule has 2 aliphatic rings. The molecule has 1 unspecified atom stereocenters. The van der Waals surface area contributed by atoms with Crippen molar-refractivity contribution >= 4 is 29.3 Å². The molecule has 1 atom stereocenters. The van der Waals surface area contributed by atoms with E-state index in [-0.39, 0.29) is 17.8 Å². The maximum atomic E-state index is 12.4. The summed E-state index contributed by atoms with van der Waals surface area (Å²) in [6.45, 7) is 2.40. The van der Waals surface area contributed by atoms with Crippen molar-refractivity contribution in [2.75, 3.05) is 40.3 Å². The Morgan fingerprint density at radius 1 is 1.29 bits per heavy atom. The molecule has 7 nitrogen and oxygen atoms in total.